The van der Waals surface area contributed by atoms with E-state index >= 15 is 0 Å². The number of ether oxygens (including phenoxy) is 2. The third kappa shape index (κ3) is 5.89. The van der Waals surface area contributed by atoms with Crippen LogP contribution in [-0.2, 0) is 11.4 Å². The molecule has 0 saturated carbocycles. The zero-order valence-electron chi connectivity index (χ0n) is 18.2. The topological polar surface area (TPSA) is 91.2 Å². The number of aromatic nitrogens is 4. The molecule has 1 amide bonds. The molecule has 4 aromatic rings. The summed E-state index contributed by atoms with van der Waals surface area (Å²) in [6.45, 7) is 2.30. The number of methoxy groups -OCH3 is 1. The van der Waals surface area contributed by atoms with Gasteiger partial charge in [-0.3, -0.25) is 4.79 Å². The fourth-order valence-corrected chi connectivity index (χ4v) is 3.78. The van der Waals surface area contributed by atoms with Crippen LogP contribution in [0.4, 0.5) is 5.69 Å². The van der Waals surface area contributed by atoms with E-state index in [-0.39, 0.29) is 5.91 Å². The van der Waals surface area contributed by atoms with Gasteiger partial charge in [0.05, 0.1) is 18.0 Å². The van der Waals surface area contributed by atoms with E-state index < -0.39 is 5.25 Å². The summed E-state index contributed by atoms with van der Waals surface area (Å²) in [5.41, 5.74) is 2.56. The first-order chi connectivity index (χ1) is 16.1. The maximum Gasteiger partial charge on any atom is 0.237 e. The number of benzene rings is 3. The molecule has 8 nitrogen and oxygen atoms in total. The van der Waals surface area contributed by atoms with Crippen molar-refractivity contribution in [1.82, 2.24) is 20.2 Å². The van der Waals surface area contributed by atoms with E-state index in [1.54, 1.807) is 11.8 Å². The minimum atomic E-state index is -0.415. The highest BCUT2D eigenvalue weighted by molar-refractivity contribution is 8.00. The molecule has 0 unspecified atom stereocenters. The van der Waals surface area contributed by atoms with Gasteiger partial charge >= 0.3 is 0 Å². The van der Waals surface area contributed by atoms with Crippen molar-refractivity contribution in [3.63, 3.8) is 0 Å². The summed E-state index contributed by atoms with van der Waals surface area (Å²) in [5, 5.41) is 14.9. The van der Waals surface area contributed by atoms with E-state index in [4.69, 9.17) is 9.47 Å². The fourth-order valence-electron chi connectivity index (χ4n) is 2.97. The van der Waals surface area contributed by atoms with Gasteiger partial charge in [0.1, 0.15) is 18.1 Å². The van der Waals surface area contributed by atoms with Gasteiger partial charge in [0.2, 0.25) is 11.1 Å². The first-order valence-electron chi connectivity index (χ1n) is 10.3. The molecule has 168 valence electrons. The first-order valence-corrected chi connectivity index (χ1v) is 11.2. The largest absolute Gasteiger partial charge is 0.497 e. The van der Waals surface area contributed by atoms with Gasteiger partial charge in [-0.1, -0.05) is 42.1 Å². The highest BCUT2D eigenvalue weighted by Gasteiger charge is 2.19. The van der Waals surface area contributed by atoms with Crippen molar-refractivity contribution in [1.29, 1.82) is 0 Å². The summed E-state index contributed by atoms with van der Waals surface area (Å²) in [6.07, 6.45) is 0. The quantitative estimate of drug-likeness (QED) is 0.370. The lowest BCUT2D eigenvalue weighted by Crippen LogP contribution is -2.22. The number of carbonyl (C=O) groups is 1. The van der Waals surface area contributed by atoms with Gasteiger partial charge < -0.3 is 14.8 Å². The Morgan fingerprint density at radius 2 is 1.70 bits per heavy atom. The molecule has 1 N–H and O–H groups in total. The van der Waals surface area contributed by atoms with E-state index in [1.165, 1.54) is 11.8 Å². The van der Waals surface area contributed by atoms with E-state index in [1.807, 2.05) is 85.8 Å². The van der Waals surface area contributed by atoms with Crippen molar-refractivity contribution < 1.29 is 14.3 Å². The Bertz CT molecular complexity index is 1180. The number of hydrogen-bond donors (Lipinski definition) is 1. The Balaban J connectivity index is 1.33. The number of nitrogens with zero attached hydrogens (tertiary/aromatic N) is 4. The van der Waals surface area contributed by atoms with Crippen LogP contribution in [0.3, 0.4) is 0 Å². The minimum Gasteiger partial charge on any atom is -0.497 e. The molecule has 0 fully saturated rings. The lowest BCUT2D eigenvalue weighted by molar-refractivity contribution is -0.115. The number of rotatable bonds is 9. The third-order valence-electron chi connectivity index (χ3n) is 4.78. The van der Waals surface area contributed by atoms with Crippen LogP contribution in [0.15, 0.2) is 84.0 Å². The van der Waals surface area contributed by atoms with Crippen LogP contribution in [0.25, 0.3) is 5.69 Å². The smallest absolute Gasteiger partial charge is 0.237 e. The predicted octanol–water partition coefficient (Wildman–Crippen LogP) is 4.37. The number of tetrazole rings is 1. The molecule has 0 aliphatic carbocycles. The van der Waals surface area contributed by atoms with Crippen molar-refractivity contribution in [2.24, 2.45) is 0 Å². The molecule has 1 atom stereocenters. The van der Waals surface area contributed by atoms with Crippen molar-refractivity contribution in [2.45, 2.75) is 23.9 Å². The maximum atomic E-state index is 12.7. The molecule has 0 spiro atoms. The summed E-state index contributed by atoms with van der Waals surface area (Å²) in [6, 6.07) is 24.6. The number of amides is 1. The molecule has 1 heterocycles. The van der Waals surface area contributed by atoms with Gasteiger partial charge in [-0.05, 0) is 71.4 Å². The van der Waals surface area contributed by atoms with Gasteiger partial charge in [-0.2, -0.15) is 4.68 Å². The average molecular weight is 462 g/mol. The van der Waals surface area contributed by atoms with E-state index in [2.05, 4.69) is 20.8 Å². The number of carbonyl (C=O) groups excluding carboxylic acids is 1. The van der Waals surface area contributed by atoms with Gasteiger partial charge in [0.15, 0.2) is 0 Å². The van der Waals surface area contributed by atoms with Crippen LogP contribution in [-0.4, -0.2) is 38.5 Å². The Morgan fingerprint density at radius 1 is 1.00 bits per heavy atom. The Morgan fingerprint density at radius 3 is 2.39 bits per heavy atom. The molecule has 0 radical (unpaired) electrons. The van der Waals surface area contributed by atoms with Gasteiger partial charge in [0, 0.05) is 5.69 Å². The molecule has 33 heavy (non-hydrogen) atoms. The van der Waals surface area contributed by atoms with Crippen molar-refractivity contribution in [3.8, 4) is 17.2 Å². The van der Waals surface area contributed by atoms with Gasteiger partial charge in [-0.25, -0.2) is 0 Å². The molecular weight excluding hydrogens is 438 g/mol. The Kier molecular flexibility index (Phi) is 7.21. The first kappa shape index (κ1) is 22.3. The second-order valence-electron chi connectivity index (χ2n) is 7.12. The normalized spacial score (nSPS) is 11.6. The number of nitrogens with one attached hydrogen (secondary N) is 1. The third-order valence-corrected chi connectivity index (χ3v) is 5.81. The van der Waals surface area contributed by atoms with Crippen LogP contribution in [0.5, 0.6) is 11.5 Å². The molecule has 9 heteroatoms. The van der Waals surface area contributed by atoms with E-state index in [0.717, 1.165) is 22.7 Å². The summed E-state index contributed by atoms with van der Waals surface area (Å²) >= 11 is 1.28. The van der Waals surface area contributed by atoms with Crippen LogP contribution >= 0.6 is 11.8 Å². The standard InChI is InChI=1S/C24H23N5O3S/c1-17(33-24-26-27-28-29(24)20-10-14-21(31-2)15-11-20)23(30)25-19-8-12-22(13-9-19)32-16-18-6-4-3-5-7-18/h3-15,17H,16H2,1-2H3,(H,25,30)/t17-/m1/s1. The predicted molar refractivity (Wildman–Crippen MR) is 127 cm³/mol. The summed E-state index contributed by atoms with van der Waals surface area (Å²) < 4.78 is 12.6. The molecule has 0 aliphatic rings. The monoisotopic (exact) mass is 461 g/mol. The Labute approximate surface area is 195 Å². The molecule has 3 aromatic carbocycles. The van der Waals surface area contributed by atoms with E-state index in [0.29, 0.717) is 17.5 Å². The fraction of sp³-hybridized carbons (Fsp3) is 0.167. The minimum absolute atomic E-state index is 0.151. The number of hydrogen-bond acceptors (Lipinski definition) is 7. The highest BCUT2D eigenvalue weighted by atomic mass is 32.2. The summed E-state index contributed by atoms with van der Waals surface area (Å²) in [4.78, 5) is 12.7. The van der Waals surface area contributed by atoms with Crippen molar-refractivity contribution in [3.05, 3.63) is 84.4 Å². The summed E-state index contributed by atoms with van der Waals surface area (Å²) in [7, 11) is 1.61. The zero-order valence-corrected chi connectivity index (χ0v) is 19.0. The van der Waals surface area contributed by atoms with Gasteiger partial charge in [-0.15, -0.1) is 5.10 Å². The van der Waals surface area contributed by atoms with Crippen LogP contribution in [0.1, 0.15) is 12.5 Å². The van der Waals surface area contributed by atoms with Crippen LogP contribution < -0.4 is 14.8 Å². The molecule has 0 bridgehead atoms. The van der Waals surface area contributed by atoms with Crippen LogP contribution in [0.2, 0.25) is 0 Å². The lowest BCUT2D eigenvalue weighted by atomic mass is 10.2. The lowest BCUT2D eigenvalue weighted by Gasteiger charge is -2.12. The molecule has 1 aromatic heterocycles. The Hall–Kier alpha value is -3.85. The van der Waals surface area contributed by atoms with Crippen LogP contribution in [0, 0.1) is 0 Å². The molecule has 0 aliphatic heterocycles. The number of anilines is 1. The van der Waals surface area contributed by atoms with Crippen molar-refractivity contribution in [2.75, 3.05) is 12.4 Å². The van der Waals surface area contributed by atoms with Crippen molar-refractivity contribution >= 4 is 23.4 Å². The SMILES string of the molecule is COc1ccc(-n2nnnc2S[C@H](C)C(=O)Nc2ccc(OCc3ccccc3)cc2)cc1. The molecule has 0 saturated heterocycles. The molecular formula is C24H23N5O3S. The number of thioether (sulfide) groups is 1. The zero-order chi connectivity index (χ0) is 23.0. The van der Waals surface area contributed by atoms with Gasteiger partial charge in [0.25, 0.3) is 0 Å². The maximum absolute atomic E-state index is 12.7. The second-order valence-corrected chi connectivity index (χ2v) is 8.43. The summed E-state index contributed by atoms with van der Waals surface area (Å²) in [5.74, 6) is 1.32. The van der Waals surface area contributed by atoms with E-state index in [9.17, 15) is 4.79 Å². The average Bonchev–Trinajstić information content (AvgIpc) is 3.32. The molecule has 4 rings (SSSR count). The highest BCUT2D eigenvalue weighted by Crippen LogP contribution is 2.25. The second kappa shape index (κ2) is 10.6.